The molecule has 0 aliphatic heterocycles. The molecule has 0 fully saturated rings. The molecule has 0 saturated heterocycles. The van der Waals surface area contributed by atoms with Crippen molar-refractivity contribution in [2.45, 2.75) is 26.3 Å². The maximum Gasteiger partial charge on any atom is 0.270 e. The van der Waals surface area contributed by atoms with Crippen molar-refractivity contribution in [2.75, 3.05) is 0 Å². The lowest BCUT2D eigenvalue weighted by Gasteiger charge is -2.23. The van der Waals surface area contributed by atoms with Crippen LogP contribution in [0, 0.1) is 16.0 Å². The lowest BCUT2D eigenvalue weighted by molar-refractivity contribution is -0.384. The molecule has 0 heterocycles. The van der Waals surface area contributed by atoms with Crippen molar-refractivity contribution in [1.29, 1.82) is 0 Å². The van der Waals surface area contributed by atoms with E-state index in [4.69, 9.17) is 11.6 Å². The van der Waals surface area contributed by atoms with Crippen LogP contribution < -0.4 is 16.2 Å². The van der Waals surface area contributed by atoms with E-state index in [0.29, 0.717) is 17.0 Å². The monoisotopic (exact) mass is 432 g/mol. The second-order valence-corrected chi connectivity index (χ2v) is 7.03. The number of nitro benzene ring substituents is 1. The summed E-state index contributed by atoms with van der Waals surface area (Å²) in [5, 5.41) is 14.0. The largest absolute Gasteiger partial charge is 0.340 e. The molecule has 2 aromatic carbocycles. The molecule has 3 N–H and O–H groups in total. The summed E-state index contributed by atoms with van der Waals surface area (Å²) in [6.07, 6.45) is 0.595. The number of amides is 3. The minimum absolute atomic E-state index is 0.00906. The van der Waals surface area contributed by atoms with Gasteiger partial charge in [0.15, 0.2) is 0 Å². The second kappa shape index (κ2) is 10.4. The summed E-state index contributed by atoms with van der Waals surface area (Å²) in [5.74, 6) is -2.03. The van der Waals surface area contributed by atoms with Gasteiger partial charge >= 0.3 is 0 Å². The van der Waals surface area contributed by atoms with Crippen molar-refractivity contribution in [2.24, 2.45) is 5.92 Å². The van der Waals surface area contributed by atoms with Gasteiger partial charge in [-0.05, 0) is 36.2 Å². The Hall–Kier alpha value is -3.46. The summed E-state index contributed by atoms with van der Waals surface area (Å²) >= 11 is 5.82. The lowest BCUT2D eigenvalue weighted by atomic mass is 9.98. The van der Waals surface area contributed by atoms with Crippen LogP contribution in [0.4, 0.5) is 5.69 Å². The Kier molecular flexibility index (Phi) is 7.88. The van der Waals surface area contributed by atoms with Crippen molar-refractivity contribution in [3.05, 3.63) is 74.8 Å². The number of rotatable bonds is 7. The first-order chi connectivity index (χ1) is 14.2. The maximum atomic E-state index is 12.6. The third-order valence-electron chi connectivity index (χ3n) is 4.51. The molecule has 3 amide bonds. The highest BCUT2D eigenvalue weighted by Crippen LogP contribution is 2.14. The van der Waals surface area contributed by atoms with E-state index >= 15 is 0 Å². The highest BCUT2D eigenvalue weighted by molar-refractivity contribution is 6.30. The highest BCUT2D eigenvalue weighted by Gasteiger charge is 2.27. The average molecular weight is 433 g/mol. The molecule has 0 spiro atoms. The van der Waals surface area contributed by atoms with E-state index in [9.17, 15) is 24.5 Å². The zero-order valence-electron chi connectivity index (χ0n) is 16.3. The number of halogens is 1. The normalized spacial score (nSPS) is 12.4. The number of hydrogen-bond acceptors (Lipinski definition) is 5. The van der Waals surface area contributed by atoms with Crippen molar-refractivity contribution in [3.8, 4) is 0 Å². The molecule has 158 valence electrons. The van der Waals surface area contributed by atoms with Crippen LogP contribution in [0.1, 0.15) is 41.0 Å². The van der Waals surface area contributed by atoms with E-state index in [1.807, 2.05) is 6.92 Å². The molecule has 2 rings (SSSR count). The number of nitrogens with one attached hydrogen (secondary N) is 3. The molecule has 0 unspecified atom stereocenters. The molecular formula is C20H21ClN4O5. The van der Waals surface area contributed by atoms with Crippen molar-refractivity contribution < 1.29 is 19.3 Å². The van der Waals surface area contributed by atoms with Crippen LogP contribution in [0.15, 0.2) is 48.5 Å². The van der Waals surface area contributed by atoms with Gasteiger partial charge in [0.1, 0.15) is 6.04 Å². The predicted octanol–water partition coefficient (Wildman–Crippen LogP) is 2.85. The Bertz CT molecular complexity index is 948. The third-order valence-corrected chi connectivity index (χ3v) is 4.76. The zero-order valence-corrected chi connectivity index (χ0v) is 17.1. The van der Waals surface area contributed by atoms with Crippen LogP contribution in [0.2, 0.25) is 5.02 Å². The molecule has 30 heavy (non-hydrogen) atoms. The quantitative estimate of drug-likeness (QED) is 0.457. The molecule has 0 aliphatic carbocycles. The lowest BCUT2D eigenvalue weighted by Crippen LogP contribution is -2.54. The number of nitro groups is 1. The molecule has 0 saturated carbocycles. The number of benzene rings is 2. The summed E-state index contributed by atoms with van der Waals surface area (Å²) in [6, 6.07) is 10.4. The summed E-state index contributed by atoms with van der Waals surface area (Å²) in [7, 11) is 0. The second-order valence-electron chi connectivity index (χ2n) is 6.59. The first-order valence-electron chi connectivity index (χ1n) is 9.14. The average Bonchev–Trinajstić information content (AvgIpc) is 2.75. The van der Waals surface area contributed by atoms with Gasteiger partial charge < -0.3 is 5.32 Å². The van der Waals surface area contributed by atoms with Crippen molar-refractivity contribution in [1.82, 2.24) is 16.2 Å². The van der Waals surface area contributed by atoms with Gasteiger partial charge in [0, 0.05) is 28.3 Å². The Morgan fingerprint density at radius 3 is 2.30 bits per heavy atom. The van der Waals surface area contributed by atoms with Gasteiger partial charge in [-0.25, -0.2) is 0 Å². The van der Waals surface area contributed by atoms with Crippen LogP contribution in [-0.4, -0.2) is 28.7 Å². The number of hydrogen-bond donors (Lipinski definition) is 3. The molecule has 0 aliphatic rings. The zero-order chi connectivity index (χ0) is 22.3. The maximum absolute atomic E-state index is 12.6. The standard InChI is InChI=1S/C20H21ClN4O5/c1-3-12(2)17(22-18(26)13-7-9-15(21)10-8-13)20(28)24-23-19(27)14-5-4-6-16(11-14)25(29)30/h4-12,17H,3H2,1-2H3,(H,22,26)(H,23,27)(H,24,28)/t12-,17-/m0/s1. The van der Waals surface area contributed by atoms with Crippen molar-refractivity contribution >= 4 is 35.0 Å². The van der Waals surface area contributed by atoms with E-state index in [0.717, 1.165) is 6.07 Å². The fourth-order valence-corrected chi connectivity index (χ4v) is 2.68. The van der Waals surface area contributed by atoms with E-state index in [2.05, 4.69) is 16.2 Å². The van der Waals surface area contributed by atoms with Gasteiger partial charge in [0.25, 0.3) is 23.4 Å². The summed E-state index contributed by atoms with van der Waals surface area (Å²) in [6.45, 7) is 3.65. The van der Waals surface area contributed by atoms with Gasteiger partial charge in [-0.15, -0.1) is 0 Å². The Morgan fingerprint density at radius 2 is 1.70 bits per heavy atom. The topological polar surface area (TPSA) is 130 Å². The number of carbonyl (C=O) groups is 3. The number of non-ortho nitro benzene ring substituents is 1. The van der Waals surface area contributed by atoms with Crippen molar-refractivity contribution in [3.63, 3.8) is 0 Å². The smallest absolute Gasteiger partial charge is 0.270 e. The Balaban J connectivity index is 2.05. The minimum Gasteiger partial charge on any atom is -0.340 e. The van der Waals surface area contributed by atoms with Gasteiger partial charge in [-0.1, -0.05) is 37.9 Å². The van der Waals surface area contributed by atoms with E-state index in [1.165, 1.54) is 30.3 Å². The van der Waals surface area contributed by atoms with E-state index in [1.54, 1.807) is 19.1 Å². The van der Waals surface area contributed by atoms with E-state index in [-0.39, 0.29) is 17.2 Å². The van der Waals surface area contributed by atoms with Crippen LogP contribution >= 0.6 is 11.6 Å². The first-order valence-corrected chi connectivity index (χ1v) is 9.51. The number of hydrazine groups is 1. The molecule has 2 aromatic rings. The van der Waals surface area contributed by atoms with Gasteiger partial charge in [-0.2, -0.15) is 0 Å². The fraction of sp³-hybridized carbons (Fsp3) is 0.250. The minimum atomic E-state index is -0.913. The van der Waals surface area contributed by atoms with Crippen LogP contribution in [-0.2, 0) is 4.79 Å². The van der Waals surface area contributed by atoms with E-state index < -0.39 is 28.7 Å². The molecule has 0 aromatic heterocycles. The van der Waals surface area contributed by atoms with Gasteiger partial charge in [-0.3, -0.25) is 35.3 Å². The Labute approximate surface area is 177 Å². The molecule has 0 radical (unpaired) electrons. The number of carbonyl (C=O) groups excluding carboxylic acids is 3. The molecule has 10 heteroatoms. The van der Waals surface area contributed by atoms with Crippen LogP contribution in [0.3, 0.4) is 0 Å². The summed E-state index contributed by atoms with van der Waals surface area (Å²) in [4.78, 5) is 47.5. The van der Waals surface area contributed by atoms with Crippen LogP contribution in [0.5, 0.6) is 0 Å². The fourth-order valence-electron chi connectivity index (χ4n) is 2.56. The first kappa shape index (κ1) is 22.8. The van der Waals surface area contributed by atoms with Gasteiger partial charge in [0.2, 0.25) is 0 Å². The third kappa shape index (κ3) is 6.02. The number of nitrogens with zero attached hydrogens (tertiary/aromatic N) is 1. The molecule has 0 bridgehead atoms. The SMILES string of the molecule is CC[C@H](C)[C@H](NC(=O)c1ccc(Cl)cc1)C(=O)NNC(=O)c1cccc([N+](=O)[O-])c1. The summed E-state index contributed by atoms with van der Waals surface area (Å²) in [5.41, 5.74) is 4.58. The summed E-state index contributed by atoms with van der Waals surface area (Å²) < 4.78 is 0. The van der Waals surface area contributed by atoms with Gasteiger partial charge in [0.05, 0.1) is 4.92 Å². The predicted molar refractivity (Wildman–Crippen MR) is 111 cm³/mol. The highest BCUT2D eigenvalue weighted by atomic mass is 35.5. The molecule has 9 nitrogen and oxygen atoms in total. The molecule has 2 atom stereocenters. The van der Waals surface area contributed by atoms with Crippen LogP contribution in [0.25, 0.3) is 0 Å². The molecular weight excluding hydrogens is 412 g/mol. The Morgan fingerprint density at radius 1 is 1.03 bits per heavy atom.